The Morgan fingerprint density at radius 3 is 2.47 bits per heavy atom. The fourth-order valence-electron chi connectivity index (χ4n) is 2.83. The molecule has 1 aliphatic heterocycles. The molecule has 0 spiro atoms. The number of halogens is 1. The Morgan fingerprint density at radius 1 is 1.21 bits per heavy atom. The molecule has 3 rings (SSSR count). The summed E-state index contributed by atoms with van der Waals surface area (Å²) in [6, 6.07) is 6.79. The van der Waals surface area contributed by atoms with E-state index in [-0.39, 0.29) is 5.78 Å². The van der Waals surface area contributed by atoms with Gasteiger partial charge in [-0.05, 0) is 38.0 Å². The Kier molecular flexibility index (Phi) is 3.63. The molecule has 0 unspecified atom stereocenters. The van der Waals surface area contributed by atoms with Crippen LogP contribution in [0.1, 0.15) is 30.1 Å². The largest absolute Gasteiger partial charge is 0.368 e. The van der Waals surface area contributed by atoms with Crippen molar-refractivity contribution in [2.24, 2.45) is 0 Å². The summed E-state index contributed by atoms with van der Waals surface area (Å²) < 4.78 is 1.04. The van der Waals surface area contributed by atoms with Gasteiger partial charge in [0.25, 0.3) is 0 Å². The number of hydrogen-bond acceptors (Lipinski definition) is 3. The van der Waals surface area contributed by atoms with Crippen LogP contribution in [-0.2, 0) is 0 Å². The number of nitrogens with zero attached hydrogens (tertiary/aromatic N) is 2. The molecular formula is C15H19BrN2O. The molecule has 1 aromatic rings. The van der Waals surface area contributed by atoms with Crippen LogP contribution in [0.5, 0.6) is 0 Å². The van der Waals surface area contributed by atoms with Gasteiger partial charge in [-0.2, -0.15) is 0 Å². The van der Waals surface area contributed by atoms with E-state index in [1.165, 1.54) is 12.8 Å². The third kappa shape index (κ3) is 2.84. The van der Waals surface area contributed by atoms with E-state index in [2.05, 4.69) is 31.8 Å². The van der Waals surface area contributed by atoms with Gasteiger partial charge in [0, 0.05) is 47.9 Å². The van der Waals surface area contributed by atoms with Crippen molar-refractivity contribution < 1.29 is 4.79 Å². The minimum atomic E-state index is 0.145. The minimum absolute atomic E-state index is 0.145. The highest BCUT2D eigenvalue weighted by Crippen LogP contribution is 2.30. The summed E-state index contributed by atoms with van der Waals surface area (Å²) in [7, 11) is 0. The Hall–Kier alpha value is -0.870. The Labute approximate surface area is 122 Å². The second-order valence-corrected chi connectivity index (χ2v) is 6.39. The highest BCUT2D eigenvalue weighted by atomic mass is 79.9. The molecule has 1 aromatic carbocycles. The van der Waals surface area contributed by atoms with E-state index in [1.54, 1.807) is 6.92 Å². The maximum Gasteiger partial charge on any atom is 0.161 e. The number of ketones is 1. The Morgan fingerprint density at radius 2 is 1.89 bits per heavy atom. The first kappa shape index (κ1) is 13.1. The zero-order chi connectivity index (χ0) is 13.4. The van der Waals surface area contributed by atoms with Crippen LogP contribution < -0.4 is 4.90 Å². The van der Waals surface area contributed by atoms with E-state index in [1.807, 2.05) is 12.1 Å². The standard InChI is InChI=1S/C15H19BrN2O/c1-11(19)14-5-2-12(16)10-15(14)18-8-6-17(7-9-18)13-3-4-13/h2,5,10,13H,3-4,6-9H2,1H3. The minimum Gasteiger partial charge on any atom is -0.368 e. The molecule has 0 amide bonds. The molecule has 0 aromatic heterocycles. The molecule has 4 heteroatoms. The summed E-state index contributed by atoms with van der Waals surface area (Å²) in [5, 5.41) is 0. The van der Waals surface area contributed by atoms with Gasteiger partial charge in [0.2, 0.25) is 0 Å². The quantitative estimate of drug-likeness (QED) is 0.799. The van der Waals surface area contributed by atoms with Gasteiger partial charge in [-0.1, -0.05) is 15.9 Å². The van der Waals surface area contributed by atoms with E-state index in [9.17, 15) is 4.79 Å². The lowest BCUT2D eigenvalue weighted by Crippen LogP contribution is -2.47. The zero-order valence-corrected chi connectivity index (χ0v) is 12.8. The van der Waals surface area contributed by atoms with Gasteiger partial charge in [-0.3, -0.25) is 9.69 Å². The van der Waals surface area contributed by atoms with E-state index < -0.39 is 0 Å². The number of rotatable bonds is 3. The van der Waals surface area contributed by atoms with Gasteiger partial charge < -0.3 is 4.90 Å². The average molecular weight is 323 g/mol. The summed E-state index contributed by atoms with van der Waals surface area (Å²) >= 11 is 3.51. The normalized spacial score (nSPS) is 20.6. The zero-order valence-electron chi connectivity index (χ0n) is 11.2. The van der Waals surface area contributed by atoms with Crippen molar-refractivity contribution in [3.05, 3.63) is 28.2 Å². The van der Waals surface area contributed by atoms with Crippen LogP contribution in [0.3, 0.4) is 0 Å². The number of piperazine rings is 1. The lowest BCUT2D eigenvalue weighted by atomic mass is 10.1. The van der Waals surface area contributed by atoms with Crippen LogP contribution in [0.2, 0.25) is 0 Å². The Balaban J connectivity index is 1.78. The number of Topliss-reactive ketones (excluding diaryl/α,β-unsaturated/α-hetero) is 1. The second-order valence-electron chi connectivity index (χ2n) is 5.47. The van der Waals surface area contributed by atoms with Crippen LogP contribution in [0, 0.1) is 0 Å². The molecule has 1 aliphatic carbocycles. The molecule has 1 heterocycles. The fourth-order valence-corrected chi connectivity index (χ4v) is 3.18. The molecule has 2 aliphatic rings. The molecule has 1 saturated heterocycles. The third-order valence-electron chi connectivity index (χ3n) is 4.06. The maximum atomic E-state index is 11.8. The van der Waals surface area contributed by atoms with Gasteiger partial charge in [0.05, 0.1) is 0 Å². The molecule has 0 radical (unpaired) electrons. The molecular weight excluding hydrogens is 304 g/mol. The molecule has 2 fully saturated rings. The third-order valence-corrected chi connectivity index (χ3v) is 4.55. The van der Waals surface area contributed by atoms with Crippen LogP contribution in [0.15, 0.2) is 22.7 Å². The Bertz CT molecular complexity index is 491. The monoisotopic (exact) mass is 322 g/mol. The highest BCUT2D eigenvalue weighted by molar-refractivity contribution is 9.10. The predicted octanol–water partition coefficient (Wildman–Crippen LogP) is 2.94. The summed E-state index contributed by atoms with van der Waals surface area (Å²) in [4.78, 5) is 16.7. The van der Waals surface area contributed by atoms with Crippen LogP contribution in [0.4, 0.5) is 5.69 Å². The summed E-state index contributed by atoms with van der Waals surface area (Å²) in [6.07, 6.45) is 2.74. The van der Waals surface area contributed by atoms with Crippen molar-refractivity contribution in [2.75, 3.05) is 31.1 Å². The highest BCUT2D eigenvalue weighted by Gasteiger charge is 2.31. The first-order valence-electron chi connectivity index (χ1n) is 6.94. The predicted molar refractivity (Wildman–Crippen MR) is 81.0 cm³/mol. The average Bonchev–Trinajstić information content (AvgIpc) is 3.23. The summed E-state index contributed by atoms with van der Waals surface area (Å²) in [6.45, 7) is 5.93. The van der Waals surface area contributed by atoms with Gasteiger partial charge in [0.15, 0.2) is 5.78 Å². The number of hydrogen-bond donors (Lipinski definition) is 0. The smallest absolute Gasteiger partial charge is 0.161 e. The van der Waals surface area contributed by atoms with E-state index in [4.69, 9.17) is 0 Å². The number of carbonyl (C=O) groups is 1. The van der Waals surface area contributed by atoms with Crippen LogP contribution >= 0.6 is 15.9 Å². The van der Waals surface area contributed by atoms with Crippen molar-refractivity contribution in [1.29, 1.82) is 0 Å². The second kappa shape index (κ2) is 5.25. The van der Waals surface area contributed by atoms with Gasteiger partial charge in [-0.25, -0.2) is 0 Å². The van der Waals surface area contributed by atoms with Crippen molar-refractivity contribution in [1.82, 2.24) is 4.90 Å². The van der Waals surface area contributed by atoms with Gasteiger partial charge >= 0.3 is 0 Å². The number of anilines is 1. The lowest BCUT2D eigenvalue weighted by Gasteiger charge is -2.37. The molecule has 0 atom stereocenters. The van der Waals surface area contributed by atoms with E-state index in [0.29, 0.717) is 0 Å². The van der Waals surface area contributed by atoms with Gasteiger partial charge in [-0.15, -0.1) is 0 Å². The summed E-state index contributed by atoms with van der Waals surface area (Å²) in [5.74, 6) is 0.145. The van der Waals surface area contributed by atoms with Crippen molar-refractivity contribution in [3.8, 4) is 0 Å². The van der Waals surface area contributed by atoms with Crippen LogP contribution in [-0.4, -0.2) is 42.9 Å². The van der Waals surface area contributed by atoms with E-state index in [0.717, 1.165) is 47.9 Å². The van der Waals surface area contributed by atoms with Gasteiger partial charge in [0.1, 0.15) is 0 Å². The maximum absolute atomic E-state index is 11.8. The van der Waals surface area contributed by atoms with E-state index >= 15 is 0 Å². The van der Waals surface area contributed by atoms with Crippen LogP contribution in [0.25, 0.3) is 0 Å². The molecule has 102 valence electrons. The van der Waals surface area contributed by atoms with Crippen molar-refractivity contribution in [2.45, 2.75) is 25.8 Å². The SMILES string of the molecule is CC(=O)c1ccc(Br)cc1N1CCN(C2CC2)CC1. The first-order chi connectivity index (χ1) is 9.15. The molecule has 3 nitrogen and oxygen atoms in total. The van der Waals surface area contributed by atoms with Crippen molar-refractivity contribution >= 4 is 27.4 Å². The number of carbonyl (C=O) groups excluding carboxylic acids is 1. The molecule has 0 N–H and O–H groups in total. The molecule has 0 bridgehead atoms. The topological polar surface area (TPSA) is 23.6 Å². The first-order valence-corrected chi connectivity index (χ1v) is 7.74. The lowest BCUT2D eigenvalue weighted by molar-refractivity contribution is 0.101. The molecule has 1 saturated carbocycles. The fraction of sp³-hybridized carbons (Fsp3) is 0.533. The number of benzene rings is 1. The summed E-state index contributed by atoms with van der Waals surface area (Å²) in [5.41, 5.74) is 1.92. The molecule has 19 heavy (non-hydrogen) atoms. The van der Waals surface area contributed by atoms with Crippen molar-refractivity contribution in [3.63, 3.8) is 0 Å².